The van der Waals surface area contributed by atoms with Gasteiger partial charge in [0.25, 0.3) is 0 Å². The monoisotopic (exact) mass is 1180 g/mol. The van der Waals surface area contributed by atoms with Crippen LogP contribution < -0.4 is 82.3 Å². The van der Waals surface area contributed by atoms with Gasteiger partial charge >= 0.3 is 11.9 Å². The first-order valence-electron chi connectivity index (χ1n) is 26.2. The quantitative estimate of drug-likeness (QED) is 0.0145. The first-order chi connectivity index (χ1) is 39.8. The van der Waals surface area contributed by atoms with Crippen molar-refractivity contribution >= 4 is 93.8 Å². The van der Waals surface area contributed by atoms with Crippen LogP contribution >= 0.6 is 0 Å². The number of carbonyl (C=O) groups is 12. The Morgan fingerprint density at radius 2 is 1.06 bits per heavy atom. The van der Waals surface area contributed by atoms with Gasteiger partial charge in [0.05, 0.1) is 32.2 Å². The van der Waals surface area contributed by atoms with Crippen LogP contribution in [0.2, 0.25) is 0 Å². The summed E-state index contributed by atoms with van der Waals surface area (Å²) in [6.07, 6.45) is -0.257. The average molecular weight is 1180 g/mol. The Morgan fingerprint density at radius 1 is 0.548 bits per heavy atom. The Labute approximate surface area is 480 Å². The molecular weight excluding hydrogens is 1100 g/mol. The number of carboxylic acids is 2. The number of hydrogen-bond donors (Lipinski definition) is 19. The van der Waals surface area contributed by atoms with Crippen molar-refractivity contribution in [2.75, 3.05) is 32.8 Å². The van der Waals surface area contributed by atoms with Crippen LogP contribution in [0.4, 0.5) is 0 Å². The maximum atomic E-state index is 13.9. The molecule has 25 N–H and O–H groups in total. The molecule has 33 heteroatoms. The maximum Gasteiger partial charge on any atom is 0.326 e. The van der Waals surface area contributed by atoms with E-state index in [4.69, 9.17) is 34.4 Å². The number of aliphatic imine (C=N–C) groups is 2. The fourth-order valence-corrected chi connectivity index (χ4v) is 7.92. The predicted octanol–water partition coefficient (Wildman–Crippen LogP) is -7.15. The number of guanidine groups is 2. The van der Waals surface area contributed by atoms with Crippen molar-refractivity contribution in [3.63, 3.8) is 0 Å². The molecule has 1 heterocycles. The molecule has 3 aromatic rings. The lowest BCUT2D eigenvalue weighted by molar-refractivity contribution is -0.142. The minimum Gasteiger partial charge on any atom is -0.481 e. The van der Waals surface area contributed by atoms with E-state index in [9.17, 15) is 72.9 Å². The van der Waals surface area contributed by atoms with Crippen molar-refractivity contribution in [1.82, 2.24) is 52.8 Å². The number of nitrogens with two attached hydrogens (primary N) is 6. The van der Waals surface area contributed by atoms with Gasteiger partial charge in [0.1, 0.15) is 42.3 Å². The van der Waals surface area contributed by atoms with Crippen molar-refractivity contribution in [2.45, 2.75) is 113 Å². The number of hydrogen-bond acceptors (Lipinski definition) is 16. The normalized spacial score (nSPS) is 13.7. The molecule has 33 nitrogen and oxygen atoms in total. The number of fused-ring (bicyclic) bond motifs is 1. The van der Waals surface area contributed by atoms with Gasteiger partial charge in [-0.2, -0.15) is 0 Å². The topological polar surface area (TPSA) is 570 Å². The number of para-hydroxylation sites is 1. The third-order valence-corrected chi connectivity index (χ3v) is 12.3. The van der Waals surface area contributed by atoms with Crippen molar-refractivity contribution in [1.29, 1.82) is 0 Å². The van der Waals surface area contributed by atoms with E-state index in [1.807, 2.05) is 0 Å². The molecule has 0 aliphatic heterocycles. The van der Waals surface area contributed by atoms with Gasteiger partial charge in [-0.15, -0.1) is 0 Å². The number of aromatic amines is 1. The lowest BCUT2D eigenvalue weighted by Gasteiger charge is -2.25. The zero-order valence-corrected chi connectivity index (χ0v) is 45.9. The number of carbonyl (C=O) groups excluding carboxylic acids is 10. The van der Waals surface area contributed by atoms with E-state index in [2.05, 4.69) is 62.8 Å². The minimum atomic E-state index is -1.72. The van der Waals surface area contributed by atoms with E-state index in [-0.39, 0.29) is 57.1 Å². The van der Waals surface area contributed by atoms with Gasteiger partial charge in [0, 0.05) is 49.5 Å². The second kappa shape index (κ2) is 35.1. The number of nitrogens with zero attached hydrogens (tertiary/aromatic N) is 2. The van der Waals surface area contributed by atoms with Gasteiger partial charge < -0.3 is 103 Å². The van der Waals surface area contributed by atoms with Gasteiger partial charge in [0.2, 0.25) is 59.1 Å². The third kappa shape index (κ3) is 24.8. The van der Waals surface area contributed by atoms with Crippen LogP contribution in [0.5, 0.6) is 0 Å². The lowest BCUT2D eigenvalue weighted by Crippen LogP contribution is -2.59. The number of rotatable bonds is 37. The van der Waals surface area contributed by atoms with Crippen LogP contribution in [-0.4, -0.2) is 184 Å². The molecule has 0 radical (unpaired) electrons. The molecule has 10 amide bonds. The molecule has 0 saturated carbocycles. The molecule has 0 aliphatic rings. The fourth-order valence-electron chi connectivity index (χ4n) is 7.92. The molecule has 2 aromatic carbocycles. The van der Waals surface area contributed by atoms with E-state index in [1.54, 1.807) is 60.8 Å². The van der Waals surface area contributed by atoms with E-state index >= 15 is 0 Å². The summed E-state index contributed by atoms with van der Waals surface area (Å²) in [5.74, 6) is -13.2. The molecule has 84 heavy (non-hydrogen) atoms. The number of benzene rings is 2. The molecule has 8 atom stereocenters. The summed E-state index contributed by atoms with van der Waals surface area (Å²) in [6, 6.07) is 3.63. The summed E-state index contributed by atoms with van der Waals surface area (Å²) in [5, 5.41) is 51.0. The van der Waals surface area contributed by atoms with Gasteiger partial charge in [0.15, 0.2) is 11.9 Å². The number of aliphatic carboxylic acids is 2. The summed E-state index contributed by atoms with van der Waals surface area (Å²) in [7, 11) is 0. The van der Waals surface area contributed by atoms with Gasteiger partial charge in [-0.1, -0.05) is 48.5 Å². The molecule has 0 fully saturated rings. The Morgan fingerprint density at radius 3 is 1.65 bits per heavy atom. The number of aliphatic hydroxyl groups excluding tert-OH is 1. The van der Waals surface area contributed by atoms with Crippen LogP contribution in [0.3, 0.4) is 0 Å². The van der Waals surface area contributed by atoms with Crippen LogP contribution in [-0.2, 0) is 70.4 Å². The number of nitrogens with one attached hydrogen (secondary N) is 10. The molecule has 0 unspecified atom stereocenters. The second-order valence-electron chi connectivity index (χ2n) is 19.0. The Kier molecular flexibility index (Phi) is 28.5. The second-order valence-corrected chi connectivity index (χ2v) is 19.0. The van der Waals surface area contributed by atoms with Gasteiger partial charge in [-0.05, 0) is 56.2 Å². The molecule has 0 aliphatic carbocycles. The summed E-state index contributed by atoms with van der Waals surface area (Å²) < 4.78 is 0. The summed E-state index contributed by atoms with van der Waals surface area (Å²) in [5.41, 5.74) is 34.4. The van der Waals surface area contributed by atoms with Crippen LogP contribution in [0.25, 0.3) is 10.9 Å². The first-order valence-corrected chi connectivity index (χ1v) is 26.2. The third-order valence-electron chi connectivity index (χ3n) is 12.3. The number of amides is 10. The summed E-state index contributed by atoms with van der Waals surface area (Å²) >= 11 is 0. The Balaban J connectivity index is 1.70. The highest BCUT2D eigenvalue weighted by Crippen LogP contribution is 2.19. The highest BCUT2D eigenvalue weighted by Gasteiger charge is 2.33. The van der Waals surface area contributed by atoms with Crippen LogP contribution in [0.1, 0.15) is 63.0 Å². The number of aromatic nitrogens is 1. The van der Waals surface area contributed by atoms with Crippen molar-refractivity contribution in [3.05, 3.63) is 71.9 Å². The predicted molar refractivity (Wildman–Crippen MR) is 301 cm³/mol. The highest BCUT2D eigenvalue weighted by molar-refractivity contribution is 5.98. The molecule has 0 bridgehead atoms. The van der Waals surface area contributed by atoms with E-state index < -0.39 is 158 Å². The van der Waals surface area contributed by atoms with Crippen LogP contribution in [0, 0.1) is 0 Å². The molecule has 458 valence electrons. The van der Waals surface area contributed by atoms with Crippen molar-refractivity contribution < 1.29 is 72.9 Å². The molecule has 3 rings (SSSR count). The Bertz CT molecular complexity index is 2860. The van der Waals surface area contributed by atoms with Crippen molar-refractivity contribution in [2.24, 2.45) is 44.4 Å². The summed E-state index contributed by atoms with van der Waals surface area (Å²) in [4.78, 5) is 166. The van der Waals surface area contributed by atoms with E-state index in [1.165, 1.54) is 6.92 Å². The number of carboxylic acid groups (broad SMARTS) is 2. The molecular formula is C51H74N18O15. The zero-order chi connectivity index (χ0) is 62.5. The highest BCUT2D eigenvalue weighted by atomic mass is 16.4. The van der Waals surface area contributed by atoms with Gasteiger partial charge in [-0.25, -0.2) is 4.79 Å². The summed E-state index contributed by atoms with van der Waals surface area (Å²) in [6.45, 7) is -1.30. The van der Waals surface area contributed by atoms with Crippen LogP contribution in [0.15, 0.2) is 70.8 Å². The zero-order valence-electron chi connectivity index (χ0n) is 45.9. The number of H-pyrrole nitrogens is 1. The SMILES string of the molecule is C[C@H](NC(=O)CNC(=O)[C@H](Cc1c[nH]c2ccccc12)NC(=O)[C@H](CO)NC(=O)[C@H](Cc1ccccc1)NC(=O)[C@@H](N)CCCN=C(N)N)C(=O)N[C@@H](CCC(=O)O)C(=O)NCC(=O)N[C@@H](CC(N)=O)C(=O)N[C@@H](CCCN=C(N)N)C(=O)O. The van der Waals surface area contributed by atoms with E-state index in [0.29, 0.717) is 28.5 Å². The first kappa shape index (κ1) is 68.4. The lowest BCUT2D eigenvalue weighted by atomic mass is 10.0. The average Bonchev–Trinajstić information content (AvgIpc) is 4.13. The minimum absolute atomic E-state index is 0.0257. The van der Waals surface area contributed by atoms with Gasteiger partial charge in [-0.3, -0.25) is 62.7 Å². The number of aliphatic hydroxyl groups is 1. The smallest absolute Gasteiger partial charge is 0.326 e. The standard InChI is InChI=1S/C51H74N18O15/c1-26(42(76)65-32(15-16-41(74)75)44(78)61-24-40(73)64-36(21-38(53)71)47(81)66-33(49(83)84)14-8-18-59-51(56)57)63-39(72)23-62-45(79)35(20-28-22-60-31-13-6-5-11-29(28)31)68-48(82)37(25-70)69-46(80)34(19-27-9-3-2-4-10-27)67-43(77)30(52)12-7-17-58-50(54)55/h2-6,9-11,13,22,26,30,32-37,60,70H,7-8,12,14-21,23-25,52H2,1H3,(H2,53,71)(H,61,78)(H,62,79)(H,63,72)(H,64,73)(H,65,76)(H,66,81)(H,67,77)(H,68,82)(H,69,80)(H,74,75)(H,83,84)(H4,54,55,58)(H4,56,57,59)/t26-,30-,32-,33-,34-,35-,36-,37-/m0/s1. The van der Waals surface area contributed by atoms with E-state index in [0.717, 1.165) is 0 Å². The molecule has 0 spiro atoms. The largest absolute Gasteiger partial charge is 0.481 e. The number of primary amides is 1. The fraction of sp³-hybridized carbons (Fsp3) is 0.451. The molecule has 1 aromatic heterocycles. The molecule has 0 saturated heterocycles. The maximum absolute atomic E-state index is 13.9. The van der Waals surface area contributed by atoms with Crippen molar-refractivity contribution in [3.8, 4) is 0 Å². The Hall–Kier alpha value is -9.92.